The summed E-state index contributed by atoms with van der Waals surface area (Å²) in [7, 11) is 0. The van der Waals surface area contributed by atoms with Crippen LogP contribution in [-0.2, 0) is 9.59 Å². The molecular weight excluding hydrogens is 404 g/mol. The summed E-state index contributed by atoms with van der Waals surface area (Å²) in [5.74, 6) is 0.241. The van der Waals surface area contributed by atoms with Crippen molar-refractivity contribution < 1.29 is 14.4 Å². The minimum absolute atomic E-state index is 0.0181. The SMILES string of the molecule is NC1(C(=O)N2CCN(C(=O)c3ccc(-c4cccc(NC(=O)C5CC5)c4)cc3)CC2)CC1. The van der Waals surface area contributed by atoms with Crippen LogP contribution < -0.4 is 11.1 Å². The zero-order chi connectivity index (χ0) is 22.3. The second-order valence-corrected chi connectivity index (χ2v) is 9.16. The first-order valence-electron chi connectivity index (χ1n) is 11.3. The first kappa shape index (κ1) is 20.7. The highest BCUT2D eigenvalue weighted by Crippen LogP contribution is 2.34. The molecule has 2 saturated carbocycles. The van der Waals surface area contributed by atoms with Crippen molar-refractivity contribution in [2.45, 2.75) is 31.2 Å². The van der Waals surface area contributed by atoms with E-state index in [-0.39, 0.29) is 23.6 Å². The van der Waals surface area contributed by atoms with Crippen LogP contribution in [-0.4, -0.2) is 59.2 Å². The fourth-order valence-corrected chi connectivity index (χ4v) is 4.13. The molecule has 3 aliphatic rings. The van der Waals surface area contributed by atoms with Gasteiger partial charge in [-0.2, -0.15) is 0 Å². The van der Waals surface area contributed by atoms with Crippen molar-refractivity contribution in [2.24, 2.45) is 11.7 Å². The van der Waals surface area contributed by atoms with Gasteiger partial charge < -0.3 is 20.9 Å². The molecule has 2 aromatic carbocycles. The third-order valence-electron chi connectivity index (χ3n) is 6.61. The van der Waals surface area contributed by atoms with E-state index in [1.807, 2.05) is 48.5 Å². The molecule has 0 aromatic heterocycles. The first-order chi connectivity index (χ1) is 15.4. The molecule has 0 bridgehead atoms. The molecule has 0 unspecified atom stereocenters. The molecule has 7 heteroatoms. The van der Waals surface area contributed by atoms with Gasteiger partial charge in [0.25, 0.3) is 5.91 Å². The molecule has 1 saturated heterocycles. The minimum Gasteiger partial charge on any atom is -0.338 e. The van der Waals surface area contributed by atoms with E-state index in [0.29, 0.717) is 31.7 Å². The third-order valence-corrected chi connectivity index (χ3v) is 6.61. The van der Waals surface area contributed by atoms with E-state index in [1.54, 1.807) is 9.80 Å². The Morgan fingerprint density at radius 1 is 0.875 bits per heavy atom. The lowest BCUT2D eigenvalue weighted by Crippen LogP contribution is -2.55. The topological polar surface area (TPSA) is 95.7 Å². The molecule has 0 radical (unpaired) electrons. The number of nitrogens with zero attached hydrogens (tertiary/aromatic N) is 2. The number of hydrogen-bond donors (Lipinski definition) is 2. The number of carbonyl (C=O) groups is 3. The van der Waals surface area contributed by atoms with E-state index in [1.165, 1.54) is 0 Å². The summed E-state index contributed by atoms with van der Waals surface area (Å²) in [6.45, 7) is 2.10. The molecule has 2 aromatic rings. The molecule has 32 heavy (non-hydrogen) atoms. The van der Waals surface area contributed by atoms with Gasteiger partial charge in [-0.3, -0.25) is 14.4 Å². The normalized spacial score (nSPS) is 19.4. The summed E-state index contributed by atoms with van der Waals surface area (Å²) in [6.07, 6.45) is 3.46. The molecule has 1 aliphatic heterocycles. The Morgan fingerprint density at radius 2 is 1.53 bits per heavy atom. The molecule has 2 aliphatic carbocycles. The van der Waals surface area contributed by atoms with Gasteiger partial charge in [-0.25, -0.2) is 0 Å². The number of piperazine rings is 1. The van der Waals surface area contributed by atoms with Crippen molar-refractivity contribution in [2.75, 3.05) is 31.5 Å². The van der Waals surface area contributed by atoms with Gasteiger partial charge in [0.2, 0.25) is 11.8 Å². The summed E-state index contributed by atoms with van der Waals surface area (Å²) in [4.78, 5) is 40.9. The molecular formula is C25H28N4O3. The van der Waals surface area contributed by atoms with Crippen LogP contribution in [0.1, 0.15) is 36.0 Å². The molecule has 5 rings (SSSR count). The van der Waals surface area contributed by atoms with Gasteiger partial charge in [0.1, 0.15) is 0 Å². The van der Waals surface area contributed by atoms with Gasteiger partial charge in [-0.1, -0.05) is 24.3 Å². The van der Waals surface area contributed by atoms with Crippen LogP contribution >= 0.6 is 0 Å². The Labute approximate surface area is 187 Å². The third kappa shape index (κ3) is 4.25. The molecule has 166 valence electrons. The highest BCUT2D eigenvalue weighted by molar-refractivity contribution is 5.96. The van der Waals surface area contributed by atoms with Crippen molar-refractivity contribution in [1.29, 1.82) is 0 Å². The summed E-state index contributed by atoms with van der Waals surface area (Å²) in [5.41, 5.74) is 8.76. The van der Waals surface area contributed by atoms with Crippen LogP contribution in [0.15, 0.2) is 48.5 Å². The Morgan fingerprint density at radius 3 is 2.16 bits per heavy atom. The van der Waals surface area contributed by atoms with Crippen molar-refractivity contribution in [3.8, 4) is 11.1 Å². The summed E-state index contributed by atoms with van der Waals surface area (Å²) in [5, 5.41) is 2.98. The van der Waals surface area contributed by atoms with E-state index in [9.17, 15) is 14.4 Å². The van der Waals surface area contributed by atoms with Gasteiger partial charge in [0.15, 0.2) is 0 Å². The van der Waals surface area contributed by atoms with Crippen LogP contribution in [0.2, 0.25) is 0 Å². The lowest BCUT2D eigenvalue weighted by atomic mass is 10.0. The molecule has 3 amide bonds. The van der Waals surface area contributed by atoms with Gasteiger partial charge in [-0.05, 0) is 61.1 Å². The van der Waals surface area contributed by atoms with E-state index >= 15 is 0 Å². The number of benzene rings is 2. The molecule has 0 atom stereocenters. The van der Waals surface area contributed by atoms with E-state index < -0.39 is 5.54 Å². The van der Waals surface area contributed by atoms with E-state index in [2.05, 4.69) is 5.32 Å². The summed E-state index contributed by atoms with van der Waals surface area (Å²) < 4.78 is 0. The molecule has 0 spiro atoms. The van der Waals surface area contributed by atoms with Crippen LogP contribution in [0.3, 0.4) is 0 Å². The van der Waals surface area contributed by atoms with Crippen LogP contribution in [0, 0.1) is 5.92 Å². The second-order valence-electron chi connectivity index (χ2n) is 9.16. The average molecular weight is 433 g/mol. The number of hydrogen-bond acceptors (Lipinski definition) is 4. The number of nitrogens with two attached hydrogens (primary N) is 1. The standard InChI is InChI=1S/C25H28N4O3/c26-25(10-11-25)24(32)29-14-12-28(13-15-29)23(31)19-8-4-17(5-9-19)20-2-1-3-21(16-20)27-22(30)18-6-7-18/h1-5,8-9,16,18H,6-7,10-15,26H2,(H,27,30). The minimum atomic E-state index is -0.653. The fourth-order valence-electron chi connectivity index (χ4n) is 4.13. The predicted molar refractivity (Wildman–Crippen MR) is 122 cm³/mol. The summed E-state index contributed by atoms with van der Waals surface area (Å²) in [6, 6.07) is 15.3. The number of anilines is 1. The maximum atomic E-state index is 12.9. The number of rotatable bonds is 5. The van der Waals surface area contributed by atoms with Crippen LogP contribution in [0.5, 0.6) is 0 Å². The monoisotopic (exact) mass is 432 g/mol. The van der Waals surface area contributed by atoms with Crippen LogP contribution in [0.4, 0.5) is 5.69 Å². The number of nitrogens with one attached hydrogen (secondary N) is 1. The van der Waals surface area contributed by atoms with E-state index in [0.717, 1.165) is 42.5 Å². The molecule has 1 heterocycles. The quantitative estimate of drug-likeness (QED) is 0.759. The molecule has 3 N–H and O–H groups in total. The maximum Gasteiger partial charge on any atom is 0.253 e. The average Bonchev–Trinajstić information content (AvgIpc) is 3.75. The van der Waals surface area contributed by atoms with Gasteiger partial charge in [0, 0.05) is 43.3 Å². The smallest absolute Gasteiger partial charge is 0.253 e. The Bertz CT molecular complexity index is 1050. The molecule has 7 nitrogen and oxygen atoms in total. The Hall–Kier alpha value is -3.19. The number of carbonyl (C=O) groups excluding carboxylic acids is 3. The Balaban J connectivity index is 1.21. The van der Waals surface area contributed by atoms with Gasteiger partial charge in [-0.15, -0.1) is 0 Å². The summed E-state index contributed by atoms with van der Waals surface area (Å²) >= 11 is 0. The zero-order valence-corrected chi connectivity index (χ0v) is 18.0. The Kier molecular flexibility index (Phi) is 5.21. The maximum absolute atomic E-state index is 12.9. The van der Waals surface area contributed by atoms with Crippen LogP contribution in [0.25, 0.3) is 11.1 Å². The van der Waals surface area contributed by atoms with Crippen molar-refractivity contribution in [1.82, 2.24) is 9.80 Å². The fraction of sp³-hybridized carbons (Fsp3) is 0.400. The first-order valence-corrected chi connectivity index (χ1v) is 11.3. The lowest BCUT2D eigenvalue weighted by Gasteiger charge is -2.36. The second kappa shape index (κ2) is 8.06. The lowest BCUT2D eigenvalue weighted by molar-refractivity contribution is -0.135. The van der Waals surface area contributed by atoms with E-state index in [4.69, 9.17) is 5.73 Å². The largest absolute Gasteiger partial charge is 0.338 e. The molecule has 3 fully saturated rings. The van der Waals surface area contributed by atoms with Crippen molar-refractivity contribution in [3.05, 3.63) is 54.1 Å². The van der Waals surface area contributed by atoms with Gasteiger partial charge in [0.05, 0.1) is 5.54 Å². The van der Waals surface area contributed by atoms with Crippen molar-refractivity contribution in [3.63, 3.8) is 0 Å². The van der Waals surface area contributed by atoms with Crippen molar-refractivity contribution >= 4 is 23.4 Å². The predicted octanol–water partition coefficient (Wildman–Crippen LogP) is 2.48. The number of amides is 3. The van der Waals surface area contributed by atoms with Gasteiger partial charge >= 0.3 is 0 Å². The zero-order valence-electron chi connectivity index (χ0n) is 18.0. The highest BCUT2D eigenvalue weighted by Gasteiger charge is 2.48. The highest BCUT2D eigenvalue weighted by atomic mass is 16.2.